The molecule has 0 N–H and O–H groups in total. The van der Waals surface area contributed by atoms with E-state index in [-0.39, 0.29) is 29.6 Å². The van der Waals surface area contributed by atoms with Crippen LogP contribution < -0.4 is 4.74 Å². The molecule has 4 aromatic rings. The zero-order chi connectivity index (χ0) is 25.9. The first-order valence-corrected chi connectivity index (χ1v) is 11.1. The number of halogens is 4. The molecule has 3 aromatic heterocycles. The highest BCUT2D eigenvalue weighted by Crippen LogP contribution is 2.38. The van der Waals surface area contributed by atoms with E-state index in [2.05, 4.69) is 15.2 Å². The SMILES string of the molecule is COc1cc(C(=O)N2CCc3c(nn(C)c3-c3cc(C(F)(F)F)n(C)n3)[C@@H]2C)c2cc(F)ccc2n1. The maximum atomic E-state index is 14.0. The Hall–Kier alpha value is -3.96. The number of carbonyl (C=O) groups excluding carboxylic acids is 1. The number of amides is 1. The molecule has 12 heteroatoms. The lowest BCUT2D eigenvalue weighted by Gasteiger charge is -2.33. The maximum absolute atomic E-state index is 14.0. The van der Waals surface area contributed by atoms with E-state index in [1.54, 1.807) is 18.9 Å². The average molecular weight is 502 g/mol. The first-order valence-electron chi connectivity index (χ1n) is 11.1. The number of ether oxygens (including phenoxy) is 1. The molecule has 188 valence electrons. The van der Waals surface area contributed by atoms with Gasteiger partial charge in [0.1, 0.15) is 17.2 Å². The molecule has 0 spiro atoms. The van der Waals surface area contributed by atoms with E-state index >= 15 is 0 Å². The van der Waals surface area contributed by atoms with Crippen molar-refractivity contribution in [2.75, 3.05) is 13.7 Å². The van der Waals surface area contributed by atoms with Crippen LogP contribution >= 0.6 is 0 Å². The number of hydrogen-bond acceptors (Lipinski definition) is 5. The van der Waals surface area contributed by atoms with E-state index in [1.165, 1.54) is 43.1 Å². The molecule has 36 heavy (non-hydrogen) atoms. The van der Waals surface area contributed by atoms with E-state index in [0.29, 0.717) is 28.7 Å². The van der Waals surface area contributed by atoms with Crippen molar-refractivity contribution in [2.45, 2.75) is 25.6 Å². The molecule has 0 bridgehead atoms. The Bertz CT molecular complexity index is 1510. The molecule has 0 fully saturated rings. The third-order valence-electron chi connectivity index (χ3n) is 6.50. The van der Waals surface area contributed by atoms with Gasteiger partial charge in [-0.15, -0.1) is 0 Å². The van der Waals surface area contributed by atoms with Crippen LogP contribution in [0, 0.1) is 5.82 Å². The highest BCUT2D eigenvalue weighted by Gasteiger charge is 2.38. The predicted octanol–water partition coefficient (Wildman–Crippen LogP) is 4.29. The van der Waals surface area contributed by atoms with Crippen LogP contribution in [0.5, 0.6) is 5.88 Å². The molecule has 1 aromatic carbocycles. The van der Waals surface area contributed by atoms with E-state index < -0.39 is 23.7 Å². The van der Waals surface area contributed by atoms with Crippen LogP contribution in [-0.4, -0.2) is 49.0 Å². The minimum atomic E-state index is -4.54. The van der Waals surface area contributed by atoms with Crippen molar-refractivity contribution in [1.82, 2.24) is 29.4 Å². The van der Waals surface area contributed by atoms with Crippen molar-refractivity contribution >= 4 is 16.8 Å². The van der Waals surface area contributed by atoms with Gasteiger partial charge < -0.3 is 9.64 Å². The van der Waals surface area contributed by atoms with Crippen LogP contribution in [0.4, 0.5) is 17.6 Å². The fourth-order valence-electron chi connectivity index (χ4n) is 4.80. The van der Waals surface area contributed by atoms with E-state index in [0.717, 1.165) is 16.3 Å². The molecule has 8 nitrogen and oxygen atoms in total. The first-order chi connectivity index (χ1) is 17.0. The number of methoxy groups -OCH3 is 1. The molecule has 0 saturated heterocycles. The summed E-state index contributed by atoms with van der Waals surface area (Å²) in [6.45, 7) is 2.08. The normalized spacial score (nSPS) is 15.9. The molecule has 0 saturated carbocycles. The molecule has 0 radical (unpaired) electrons. The summed E-state index contributed by atoms with van der Waals surface area (Å²) in [5, 5.41) is 8.97. The number of rotatable bonds is 3. The molecular formula is C24H22F4N6O2. The Morgan fingerprint density at radius 2 is 1.86 bits per heavy atom. The zero-order valence-corrected chi connectivity index (χ0v) is 19.9. The quantitative estimate of drug-likeness (QED) is 0.391. The van der Waals surface area contributed by atoms with Gasteiger partial charge in [0.2, 0.25) is 5.88 Å². The van der Waals surface area contributed by atoms with E-state index in [1.807, 2.05) is 0 Å². The lowest BCUT2D eigenvalue weighted by Crippen LogP contribution is -2.39. The van der Waals surface area contributed by atoms with Crippen molar-refractivity contribution in [3.63, 3.8) is 0 Å². The average Bonchev–Trinajstić information content (AvgIpc) is 3.37. The summed E-state index contributed by atoms with van der Waals surface area (Å²) in [5.41, 5.74) is 1.75. The largest absolute Gasteiger partial charge is 0.481 e. The number of carbonyl (C=O) groups is 1. The Morgan fingerprint density at radius 3 is 2.53 bits per heavy atom. The highest BCUT2D eigenvalue weighted by atomic mass is 19.4. The van der Waals surface area contributed by atoms with Gasteiger partial charge in [0.05, 0.1) is 35.6 Å². The number of pyridine rings is 1. The Balaban J connectivity index is 1.54. The third-order valence-corrected chi connectivity index (χ3v) is 6.50. The molecule has 1 atom stereocenters. The lowest BCUT2D eigenvalue weighted by atomic mass is 9.96. The summed E-state index contributed by atoms with van der Waals surface area (Å²) < 4.78 is 61.6. The zero-order valence-electron chi connectivity index (χ0n) is 19.9. The van der Waals surface area contributed by atoms with Crippen molar-refractivity contribution in [2.24, 2.45) is 14.1 Å². The molecule has 4 heterocycles. The molecule has 0 unspecified atom stereocenters. The van der Waals surface area contributed by atoms with Crippen LogP contribution in [0.15, 0.2) is 30.3 Å². The minimum Gasteiger partial charge on any atom is -0.481 e. The number of benzene rings is 1. The van der Waals surface area contributed by atoms with Gasteiger partial charge in [-0.3, -0.25) is 14.2 Å². The summed E-state index contributed by atoms with van der Waals surface area (Å²) in [6.07, 6.45) is -4.18. The van der Waals surface area contributed by atoms with Crippen molar-refractivity contribution in [1.29, 1.82) is 0 Å². The Morgan fingerprint density at radius 1 is 1.11 bits per heavy atom. The van der Waals surface area contributed by atoms with E-state index in [4.69, 9.17) is 4.74 Å². The van der Waals surface area contributed by atoms with Gasteiger partial charge in [0.15, 0.2) is 0 Å². The highest BCUT2D eigenvalue weighted by molar-refractivity contribution is 6.06. The van der Waals surface area contributed by atoms with Crippen LogP contribution in [0.25, 0.3) is 22.3 Å². The Labute approximate surface area is 203 Å². The molecule has 1 aliphatic rings. The molecule has 1 aliphatic heterocycles. The molecule has 1 amide bonds. The second kappa shape index (κ2) is 8.32. The van der Waals surface area contributed by atoms with Crippen molar-refractivity contribution < 1.29 is 27.1 Å². The molecular weight excluding hydrogens is 480 g/mol. The van der Waals surface area contributed by atoms with Crippen LogP contribution in [0.3, 0.4) is 0 Å². The van der Waals surface area contributed by atoms with Crippen molar-refractivity contribution in [3.8, 4) is 17.3 Å². The van der Waals surface area contributed by atoms with Gasteiger partial charge in [-0.05, 0) is 37.6 Å². The summed E-state index contributed by atoms with van der Waals surface area (Å²) in [6, 6.07) is 5.99. The van der Waals surface area contributed by atoms with Gasteiger partial charge >= 0.3 is 6.18 Å². The number of nitrogens with zero attached hydrogens (tertiary/aromatic N) is 6. The fourth-order valence-corrected chi connectivity index (χ4v) is 4.80. The summed E-state index contributed by atoms with van der Waals surface area (Å²) in [7, 11) is 4.31. The van der Waals surface area contributed by atoms with Gasteiger partial charge in [0.25, 0.3) is 5.91 Å². The summed E-state index contributed by atoms with van der Waals surface area (Å²) >= 11 is 0. The van der Waals surface area contributed by atoms with Crippen LogP contribution in [0.2, 0.25) is 0 Å². The second-order valence-corrected chi connectivity index (χ2v) is 8.67. The molecule has 5 rings (SSSR count). The van der Waals surface area contributed by atoms with Gasteiger partial charge in [-0.1, -0.05) is 0 Å². The number of alkyl halides is 3. The number of aryl methyl sites for hydroxylation is 2. The Kier molecular flexibility index (Phi) is 5.49. The van der Waals surface area contributed by atoms with Gasteiger partial charge in [-0.25, -0.2) is 9.37 Å². The van der Waals surface area contributed by atoms with Crippen molar-refractivity contribution in [3.05, 3.63) is 58.7 Å². The monoisotopic (exact) mass is 502 g/mol. The second-order valence-electron chi connectivity index (χ2n) is 8.67. The third kappa shape index (κ3) is 3.76. The van der Waals surface area contributed by atoms with E-state index in [9.17, 15) is 22.4 Å². The number of fused-ring (bicyclic) bond motifs is 2. The molecule has 0 aliphatic carbocycles. The summed E-state index contributed by atoms with van der Waals surface area (Å²) in [4.78, 5) is 19.6. The topological polar surface area (TPSA) is 78.1 Å². The lowest BCUT2D eigenvalue weighted by molar-refractivity contribution is -0.143. The first kappa shape index (κ1) is 23.8. The predicted molar refractivity (Wildman–Crippen MR) is 122 cm³/mol. The van der Waals surface area contributed by atoms with Gasteiger partial charge in [-0.2, -0.15) is 23.4 Å². The standard InChI is InChI=1S/C24H22F4N6O2/c1-12-21-14(22(33(3)31-21)18-11-19(24(26,27)28)32(2)30-18)7-8-34(12)23(35)16-10-20(36-4)29-17-6-5-13(25)9-15(16)17/h5-6,9-12H,7-8H2,1-4H3/t12-/m0/s1. The number of hydrogen-bond donors (Lipinski definition) is 0. The summed E-state index contributed by atoms with van der Waals surface area (Å²) in [5.74, 6) is -0.632. The van der Waals surface area contributed by atoms with Crippen LogP contribution in [0.1, 0.15) is 40.3 Å². The minimum absolute atomic E-state index is 0.161. The van der Waals surface area contributed by atoms with Crippen LogP contribution in [-0.2, 0) is 26.7 Å². The number of aromatic nitrogens is 5. The smallest absolute Gasteiger partial charge is 0.433 e. The van der Waals surface area contributed by atoms with Gasteiger partial charge in [0, 0.05) is 37.7 Å². The maximum Gasteiger partial charge on any atom is 0.433 e. The fraction of sp³-hybridized carbons (Fsp3) is 0.333.